The van der Waals surface area contributed by atoms with Crippen molar-refractivity contribution in [3.63, 3.8) is 0 Å². The van der Waals surface area contributed by atoms with Crippen molar-refractivity contribution in [2.24, 2.45) is 0 Å². The lowest BCUT2D eigenvalue weighted by Crippen LogP contribution is -2.22. The summed E-state index contributed by atoms with van der Waals surface area (Å²) in [5, 5.41) is 9.37. The highest BCUT2D eigenvalue weighted by Gasteiger charge is 2.30. The quantitative estimate of drug-likeness (QED) is 0.548. The zero-order valence-electron chi connectivity index (χ0n) is 6.71. The molecule has 0 aromatic carbocycles. The predicted octanol–water partition coefficient (Wildman–Crippen LogP) is -0.0322. The van der Waals surface area contributed by atoms with Gasteiger partial charge >= 0.3 is 0 Å². The highest BCUT2D eigenvalue weighted by atomic mass is 16.5. The molecule has 0 aliphatic heterocycles. The van der Waals surface area contributed by atoms with Crippen molar-refractivity contribution in [1.82, 2.24) is 0 Å². The van der Waals surface area contributed by atoms with Gasteiger partial charge in [0.1, 0.15) is 7.85 Å². The first-order chi connectivity index (χ1) is 4.74. The average Bonchev–Trinajstić information content (AvgIpc) is 2.13. The van der Waals surface area contributed by atoms with Gasteiger partial charge in [-0.05, 0) is 19.8 Å². The molecule has 1 N–H and O–H groups in total. The fraction of sp³-hybridized carbons (Fsp3) is 1.00. The first kappa shape index (κ1) is 8.09. The second kappa shape index (κ2) is 3.40. The molecule has 1 fully saturated rings. The van der Waals surface area contributed by atoms with Crippen LogP contribution in [0.3, 0.4) is 0 Å². The Morgan fingerprint density at radius 2 is 2.30 bits per heavy atom. The van der Waals surface area contributed by atoms with E-state index in [2.05, 4.69) is 7.85 Å². The lowest BCUT2D eigenvalue weighted by Gasteiger charge is -2.13. The lowest BCUT2D eigenvalue weighted by atomic mass is 9.86. The zero-order valence-corrected chi connectivity index (χ0v) is 6.71. The van der Waals surface area contributed by atoms with Crippen molar-refractivity contribution in [3.05, 3.63) is 0 Å². The molecule has 0 aromatic heterocycles. The summed E-state index contributed by atoms with van der Waals surface area (Å²) in [6, 6.07) is 0. The Morgan fingerprint density at radius 3 is 2.70 bits per heavy atom. The molecule has 0 aromatic rings. The van der Waals surface area contributed by atoms with E-state index >= 15 is 0 Å². The molecule has 1 aliphatic rings. The van der Waals surface area contributed by atoms with E-state index in [4.69, 9.17) is 4.74 Å². The molecule has 0 radical (unpaired) electrons. The first-order valence-corrected chi connectivity index (χ1v) is 4.03. The van der Waals surface area contributed by atoms with E-state index in [0.717, 1.165) is 12.8 Å². The van der Waals surface area contributed by atoms with Crippen LogP contribution in [0, 0.1) is 0 Å². The van der Waals surface area contributed by atoms with Crippen LogP contribution in [0.5, 0.6) is 0 Å². The molecule has 2 nitrogen and oxygen atoms in total. The molecular weight excluding hydrogens is 127 g/mol. The second-order valence-corrected chi connectivity index (χ2v) is 3.14. The third-order valence-corrected chi connectivity index (χ3v) is 2.09. The highest BCUT2D eigenvalue weighted by molar-refractivity contribution is 6.11. The van der Waals surface area contributed by atoms with Gasteiger partial charge < -0.3 is 9.84 Å². The van der Waals surface area contributed by atoms with Gasteiger partial charge in [-0.1, -0.05) is 5.82 Å². The number of hydrogen-bond acceptors (Lipinski definition) is 2. The molecular formula is C7H15BO2. The predicted molar refractivity (Wildman–Crippen MR) is 42.9 cm³/mol. The fourth-order valence-electron chi connectivity index (χ4n) is 1.61. The molecule has 0 amide bonds. The van der Waals surface area contributed by atoms with Crippen molar-refractivity contribution in [2.75, 3.05) is 6.61 Å². The Labute approximate surface area is 63.0 Å². The fourth-order valence-corrected chi connectivity index (χ4v) is 1.61. The standard InChI is InChI=1S/C7H15BO2/c1-2-10-7-4-5(8)3-6(7)9/h5-7,9H,2-4,8H2,1H3/t5-,6-,7-/m0/s1. The summed E-state index contributed by atoms with van der Waals surface area (Å²) in [6.45, 7) is 2.68. The molecule has 3 heteroatoms. The molecule has 3 atom stereocenters. The normalized spacial score (nSPS) is 40.4. The topological polar surface area (TPSA) is 29.5 Å². The Bertz CT molecular complexity index is 108. The van der Waals surface area contributed by atoms with Crippen LogP contribution in [-0.4, -0.2) is 31.8 Å². The number of hydrogen-bond donors (Lipinski definition) is 1. The summed E-state index contributed by atoms with van der Waals surface area (Å²) in [4.78, 5) is 0. The Hall–Kier alpha value is -0.0151. The van der Waals surface area contributed by atoms with Crippen molar-refractivity contribution in [1.29, 1.82) is 0 Å². The van der Waals surface area contributed by atoms with E-state index in [1.807, 2.05) is 6.92 Å². The van der Waals surface area contributed by atoms with Gasteiger partial charge in [-0.25, -0.2) is 0 Å². The SMILES string of the molecule is B[C@@H]1C[C@H](OCC)[C@@H](O)C1. The van der Waals surface area contributed by atoms with Crippen molar-refractivity contribution >= 4 is 7.85 Å². The summed E-state index contributed by atoms with van der Waals surface area (Å²) in [5.74, 6) is 0.631. The minimum absolute atomic E-state index is 0.111. The van der Waals surface area contributed by atoms with Gasteiger partial charge in [-0.3, -0.25) is 0 Å². The van der Waals surface area contributed by atoms with E-state index in [1.54, 1.807) is 0 Å². The maximum absolute atomic E-state index is 9.37. The number of aliphatic hydroxyl groups is 1. The number of rotatable bonds is 2. The third-order valence-electron chi connectivity index (χ3n) is 2.09. The van der Waals surface area contributed by atoms with Crippen molar-refractivity contribution < 1.29 is 9.84 Å². The van der Waals surface area contributed by atoms with E-state index in [1.165, 1.54) is 0 Å². The van der Waals surface area contributed by atoms with E-state index in [-0.39, 0.29) is 12.2 Å². The molecule has 0 unspecified atom stereocenters. The molecule has 0 heterocycles. The molecule has 0 bridgehead atoms. The Balaban J connectivity index is 2.31. The van der Waals surface area contributed by atoms with Crippen LogP contribution >= 0.6 is 0 Å². The van der Waals surface area contributed by atoms with Gasteiger partial charge in [0.15, 0.2) is 0 Å². The van der Waals surface area contributed by atoms with Gasteiger partial charge in [0, 0.05) is 6.61 Å². The van der Waals surface area contributed by atoms with Gasteiger partial charge in [-0.15, -0.1) is 0 Å². The minimum atomic E-state index is -0.213. The van der Waals surface area contributed by atoms with Crippen LogP contribution < -0.4 is 0 Å². The maximum Gasteiger partial charge on any atom is 0.105 e. The van der Waals surface area contributed by atoms with Crippen molar-refractivity contribution in [3.8, 4) is 0 Å². The second-order valence-electron chi connectivity index (χ2n) is 3.14. The van der Waals surface area contributed by atoms with Crippen LogP contribution in [-0.2, 0) is 4.74 Å². The van der Waals surface area contributed by atoms with Crippen LogP contribution in [0.15, 0.2) is 0 Å². The molecule has 1 rings (SSSR count). The van der Waals surface area contributed by atoms with Crippen molar-refractivity contribution in [2.45, 2.75) is 37.8 Å². The first-order valence-electron chi connectivity index (χ1n) is 4.03. The van der Waals surface area contributed by atoms with E-state index in [9.17, 15) is 5.11 Å². The summed E-state index contributed by atoms with van der Waals surface area (Å²) < 4.78 is 5.34. The minimum Gasteiger partial charge on any atom is -0.390 e. The molecule has 1 aliphatic carbocycles. The van der Waals surface area contributed by atoms with Gasteiger partial charge in [0.05, 0.1) is 12.2 Å². The van der Waals surface area contributed by atoms with Gasteiger partial charge in [0.25, 0.3) is 0 Å². The molecule has 58 valence electrons. The summed E-state index contributed by atoms with van der Waals surface area (Å²) in [6.07, 6.45) is 1.83. The number of ether oxygens (including phenoxy) is 1. The Kier molecular flexibility index (Phi) is 2.75. The van der Waals surface area contributed by atoms with Crippen LogP contribution in [0.1, 0.15) is 19.8 Å². The van der Waals surface area contributed by atoms with Gasteiger partial charge in [-0.2, -0.15) is 0 Å². The zero-order chi connectivity index (χ0) is 7.56. The third kappa shape index (κ3) is 1.73. The summed E-state index contributed by atoms with van der Waals surface area (Å²) in [5.41, 5.74) is 0. The highest BCUT2D eigenvalue weighted by Crippen LogP contribution is 2.29. The van der Waals surface area contributed by atoms with E-state index in [0.29, 0.717) is 12.4 Å². The molecule has 10 heavy (non-hydrogen) atoms. The van der Waals surface area contributed by atoms with Gasteiger partial charge in [0.2, 0.25) is 0 Å². The number of aliphatic hydroxyl groups excluding tert-OH is 1. The summed E-state index contributed by atoms with van der Waals surface area (Å²) >= 11 is 0. The lowest BCUT2D eigenvalue weighted by molar-refractivity contribution is -0.0128. The monoisotopic (exact) mass is 142 g/mol. The van der Waals surface area contributed by atoms with Crippen LogP contribution in [0.4, 0.5) is 0 Å². The maximum atomic E-state index is 9.37. The molecule has 0 saturated heterocycles. The van der Waals surface area contributed by atoms with E-state index < -0.39 is 0 Å². The summed E-state index contributed by atoms with van der Waals surface area (Å²) in [7, 11) is 2.16. The molecule has 0 spiro atoms. The molecule has 1 saturated carbocycles. The smallest absolute Gasteiger partial charge is 0.105 e. The average molecular weight is 142 g/mol. The largest absolute Gasteiger partial charge is 0.390 e. The van der Waals surface area contributed by atoms with Crippen LogP contribution in [0.2, 0.25) is 5.82 Å². The Morgan fingerprint density at radius 1 is 1.60 bits per heavy atom. The van der Waals surface area contributed by atoms with Crippen LogP contribution in [0.25, 0.3) is 0 Å².